The van der Waals surface area contributed by atoms with Crippen LogP contribution in [0, 0.1) is 0 Å². The van der Waals surface area contributed by atoms with Crippen LogP contribution >= 0.6 is 7.75 Å². The lowest BCUT2D eigenvalue weighted by molar-refractivity contribution is -0.145. The molecule has 0 saturated carbocycles. The lowest BCUT2D eigenvalue weighted by Crippen LogP contribution is -2.36. The van der Waals surface area contributed by atoms with Crippen LogP contribution in [0.25, 0.3) is 21.9 Å². The van der Waals surface area contributed by atoms with E-state index in [9.17, 15) is 9.36 Å². The molecule has 0 saturated heterocycles. The number of carbonyl (C=O) groups is 1. The Morgan fingerprint density at radius 3 is 2.54 bits per heavy atom. The van der Waals surface area contributed by atoms with Gasteiger partial charge in [0.05, 0.1) is 30.3 Å². The predicted octanol–water partition coefficient (Wildman–Crippen LogP) is 5.62. The van der Waals surface area contributed by atoms with Crippen LogP contribution < -0.4 is 15.3 Å². The van der Waals surface area contributed by atoms with Crippen LogP contribution in [0.4, 0.5) is 5.82 Å². The predicted molar refractivity (Wildman–Crippen MR) is 158 cm³/mol. The van der Waals surface area contributed by atoms with Crippen molar-refractivity contribution in [2.24, 2.45) is 0 Å². The van der Waals surface area contributed by atoms with Crippen molar-refractivity contribution in [2.45, 2.75) is 65.8 Å². The summed E-state index contributed by atoms with van der Waals surface area (Å²) in [7, 11) is -4.07. The number of nitrogens with zero attached hydrogens (tertiary/aromatic N) is 3. The first kappa shape index (κ1) is 30.5. The molecule has 2 heterocycles. The van der Waals surface area contributed by atoms with Crippen molar-refractivity contribution in [3.63, 3.8) is 0 Å². The van der Waals surface area contributed by atoms with E-state index in [0.29, 0.717) is 29.5 Å². The van der Waals surface area contributed by atoms with Gasteiger partial charge in [0.2, 0.25) is 0 Å². The number of nitrogen functional groups attached to an aromatic ring is 1. The number of nitrogens with two attached hydrogens (primary N) is 1. The van der Waals surface area contributed by atoms with E-state index in [1.807, 2.05) is 48.7 Å². The molecule has 12 heteroatoms. The second kappa shape index (κ2) is 13.9. The fourth-order valence-electron chi connectivity index (χ4n) is 4.36. The number of hydrogen-bond donors (Lipinski definition) is 2. The van der Waals surface area contributed by atoms with Gasteiger partial charge in [-0.15, -0.1) is 0 Å². The molecule has 11 nitrogen and oxygen atoms in total. The number of imidazole rings is 1. The maximum atomic E-state index is 14.1. The molecule has 3 atom stereocenters. The second-order valence-electron chi connectivity index (χ2n) is 9.68. The minimum Gasteiger partial charge on any atom is -0.465 e. The SMILES string of the molecule is CCCCOC(=O)[C@H](C)NP(=O)(Oc1ccccc1)O[C@H](C)Cn1c(COCC)nc2c(N)nc3ccccc3c21. The van der Waals surface area contributed by atoms with E-state index in [1.54, 1.807) is 38.1 Å². The van der Waals surface area contributed by atoms with E-state index in [2.05, 4.69) is 10.1 Å². The number of esters is 1. The molecule has 0 spiro atoms. The highest BCUT2D eigenvalue weighted by Crippen LogP contribution is 2.46. The standard InChI is InChI=1S/C29H38N5O6P/c1-5-7-17-38-29(35)21(4)33-41(36,40-22-13-9-8-10-14-22)39-20(3)18-34-25(19-37-6-2)32-26-27(34)23-15-11-12-16-24(23)31-28(26)30/h8-16,20-21H,5-7,17-19H2,1-4H3,(H2,30,31)(H,33,36)/t20-,21+,41?/m1/s1. The van der Waals surface area contributed by atoms with Crippen LogP contribution in [0.3, 0.4) is 0 Å². The van der Waals surface area contributed by atoms with Crippen LogP contribution in [-0.2, 0) is 36.5 Å². The minimum atomic E-state index is -4.07. The van der Waals surface area contributed by atoms with Crippen molar-refractivity contribution in [1.29, 1.82) is 0 Å². The highest BCUT2D eigenvalue weighted by atomic mass is 31.2. The average Bonchev–Trinajstić information content (AvgIpc) is 3.30. The van der Waals surface area contributed by atoms with Gasteiger partial charge < -0.3 is 24.3 Å². The fraction of sp³-hybridized carbons (Fsp3) is 0.414. The number of unbranched alkanes of at least 4 members (excludes halogenated alkanes) is 1. The van der Waals surface area contributed by atoms with Gasteiger partial charge in [-0.2, -0.15) is 5.09 Å². The maximum Gasteiger partial charge on any atom is 0.459 e. The summed E-state index contributed by atoms with van der Waals surface area (Å²) < 4.78 is 39.0. The zero-order chi connectivity index (χ0) is 29.4. The van der Waals surface area contributed by atoms with Crippen molar-refractivity contribution in [2.75, 3.05) is 18.9 Å². The number of fused-ring (bicyclic) bond motifs is 3. The molecule has 0 fully saturated rings. The number of pyridine rings is 1. The lowest BCUT2D eigenvalue weighted by Gasteiger charge is -2.26. The number of anilines is 1. The van der Waals surface area contributed by atoms with E-state index in [0.717, 1.165) is 29.3 Å². The molecule has 0 bridgehead atoms. The number of hydrogen-bond acceptors (Lipinski definition) is 9. The van der Waals surface area contributed by atoms with Gasteiger partial charge in [-0.3, -0.25) is 9.32 Å². The summed E-state index contributed by atoms with van der Waals surface area (Å²) in [4.78, 5) is 21.8. The molecule has 2 aromatic heterocycles. The van der Waals surface area contributed by atoms with Gasteiger partial charge in [-0.1, -0.05) is 49.7 Å². The number of benzene rings is 2. The first-order valence-corrected chi connectivity index (χ1v) is 15.4. The van der Waals surface area contributed by atoms with Gasteiger partial charge in [-0.25, -0.2) is 14.5 Å². The third kappa shape index (κ3) is 7.62. The zero-order valence-electron chi connectivity index (χ0n) is 23.9. The molecule has 4 aromatic rings. The molecule has 2 aromatic carbocycles. The quantitative estimate of drug-likeness (QED) is 0.103. The summed E-state index contributed by atoms with van der Waals surface area (Å²) in [5.41, 5.74) is 8.36. The third-order valence-corrected chi connectivity index (χ3v) is 8.09. The summed E-state index contributed by atoms with van der Waals surface area (Å²) >= 11 is 0. The minimum absolute atomic E-state index is 0.239. The van der Waals surface area contributed by atoms with Gasteiger partial charge in [0.15, 0.2) is 5.82 Å². The fourth-order valence-corrected chi connectivity index (χ4v) is 6.04. The summed E-state index contributed by atoms with van der Waals surface area (Å²) in [6.07, 6.45) is 0.963. The molecule has 41 heavy (non-hydrogen) atoms. The van der Waals surface area contributed by atoms with Crippen molar-refractivity contribution in [3.05, 3.63) is 60.4 Å². The molecule has 0 amide bonds. The molecule has 0 aliphatic rings. The molecule has 4 rings (SSSR count). The molecule has 220 valence electrons. The Morgan fingerprint density at radius 1 is 1.07 bits per heavy atom. The third-order valence-electron chi connectivity index (χ3n) is 6.30. The number of nitrogens with one attached hydrogen (secondary N) is 1. The number of para-hydroxylation sites is 2. The molecule has 1 unspecified atom stereocenters. The Labute approximate surface area is 239 Å². The van der Waals surface area contributed by atoms with Crippen LogP contribution in [0.1, 0.15) is 46.4 Å². The molecular weight excluding hydrogens is 545 g/mol. The number of aromatic nitrogens is 3. The van der Waals surface area contributed by atoms with E-state index in [4.69, 9.17) is 29.2 Å². The van der Waals surface area contributed by atoms with Gasteiger partial charge >= 0.3 is 13.7 Å². The number of ether oxygens (including phenoxy) is 2. The van der Waals surface area contributed by atoms with Crippen molar-refractivity contribution >= 4 is 41.5 Å². The van der Waals surface area contributed by atoms with Crippen molar-refractivity contribution in [1.82, 2.24) is 19.6 Å². The second-order valence-corrected chi connectivity index (χ2v) is 11.3. The molecule has 0 aliphatic carbocycles. The molecule has 0 radical (unpaired) electrons. The number of rotatable bonds is 15. The number of carbonyl (C=O) groups excluding carboxylic acids is 1. The van der Waals surface area contributed by atoms with Crippen LogP contribution in [-0.4, -0.2) is 45.9 Å². The highest BCUT2D eigenvalue weighted by molar-refractivity contribution is 7.52. The van der Waals surface area contributed by atoms with E-state index >= 15 is 0 Å². The van der Waals surface area contributed by atoms with Crippen molar-refractivity contribution < 1.29 is 27.9 Å². The van der Waals surface area contributed by atoms with Crippen LogP contribution in [0.15, 0.2) is 54.6 Å². The highest BCUT2D eigenvalue weighted by Gasteiger charge is 2.34. The lowest BCUT2D eigenvalue weighted by atomic mass is 10.2. The Balaban J connectivity index is 1.65. The largest absolute Gasteiger partial charge is 0.465 e. The first-order valence-electron chi connectivity index (χ1n) is 13.8. The normalized spacial score (nSPS) is 14.5. The van der Waals surface area contributed by atoms with Gasteiger partial charge in [0.25, 0.3) is 0 Å². The molecule has 0 aliphatic heterocycles. The first-order chi connectivity index (χ1) is 19.7. The average molecular weight is 584 g/mol. The Bertz CT molecular complexity index is 1510. The summed E-state index contributed by atoms with van der Waals surface area (Å²) in [6.45, 7) is 8.51. The Hall–Kier alpha value is -3.50. The maximum absolute atomic E-state index is 14.1. The summed E-state index contributed by atoms with van der Waals surface area (Å²) in [5.74, 6) is 0.721. The summed E-state index contributed by atoms with van der Waals surface area (Å²) in [6, 6.07) is 15.4. The van der Waals surface area contributed by atoms with Crippen LogP contribution in [0.2, 0.25) is 0 Å². The Morgan fingerprint density at radius 2 is 1.80 bits per heavy atom. The van der Waals surface area contributed by atoms with Gasteiger partial charge in [-0.05, 0) is 45.4 Å². The van der Waals surface area contributed by atoms with Gasteiger partial charge in [0, 0.05) is 12.0 Å². The van der Waals surface area contributed by atoms with Crippen LogP contribution in [0.5, 0.6) is 5.75 Å². The van der Waals surface area contributed by atoms with E-state index in [1.165, 1.54) is 0 Å². The van der Waals surface area contributed by atoms with Crippen molar-refractivity contribution in [3.8, 4) is 5.75 Å². The van der Waals surface area contributed by atoms with E-state index in [-0.39, 0.29) is 19.8 Å². The topological polar surface area (TPSA) is 140 Å². The monoisotopic (exact) mass is 583 g/mol. The smallest absolute Gasteiger partial charge is 0.459 e. The molecule has 3 N–H and O–H groups in total. The molecular formula is C29H38N5O6P. The van der Waals surface area contributed by atoms with E-state index < -0.39 is 25.9 Å². The zero-order valence-corrected chi connectivity index (χ0v) is 24.8. The van der Waals surface area contributed by atoms with Gasteiger partial charge in [0.1, 0.15) is 29.7 Å². The summed E-state index contributed by atoms with van der Waals surface area (Å²) in [5, 5.41) is 3.63. The Kier molecular flexibility index (Phi) is 10.3.